The molecule has 0 radical (unpaired) electrons. The molecule has 0 aliphatic carbocycles. The van der Waals surface area contributed by atoms with Crippen LogP contribution in [-0.4, -0.2) is 24.3 Å². The molecule has 0 aromatic heterocycles. The smallest absolute Gasteiger partial charge is 0.282 e. The van der Waals surface area contributed by atoms with Crippen LogP contribution < -0.4 is 20.3 Å². The van der Waals surface area contributed by atoms with Gasteiger partial charge < -0.3 is 15.4 Å². The summed E-state index contributed by atoms with van der Waals surface area (Å²) in [4.78, 5) is 38.9. The normalized spacial score (nSPS) is 13.3. The zero-order chi connectivity index (χ0) is 24.2. The lowest BCUT2D eigenvalue weighted by Gasteiger charge is -2.16. The number of hydrogen-bond donors (Lipinski definition) is 2. The van der Waals surface area contributed by atoms with Crippen molar-refractivity contribution in [1.82, 2.24) is 0 Å². The first-order valence-electron chi connectivity index (χ1n) is 10.6. The van der Waals surface area contributed by atoms with Crippen molar-refractivity contribution in [3.63, 3.8) is 0 Å². The van der Waals surface area contributed by atoms with Crippen LogP contribution in [0, 0.1) is 5.82 Å². The van der Waals surface area contributed by atoms with E-state index in [9.17, 15) is 18.8 Å². The zero-order valence-corrected chi connectivity index (χ0v) is 18.6. The average Bonchev–Trinajstić information content (AvgIpc) is 3.05. The lowest BCUT2D eigenvalue weighted by Crippen LogP contribution is -2.33. The third-order valence-electron chi connectivity index (χ3n) is 5.11. The number of anilines is 3. The molecular weight excluding hydrogens is 437 g/mol. The zero-order valence-electron chi connectivity index (χ0n) is 18.6. The Kier molecular flexibility index (Phi) is 6.40. The van der Waals surface area contributed by atoms with Crippen LogP contribution in [0.3, 0.4) is 0 Å². The Balaban J connectivity index is 1.76. The van der Waals surface area contributed by atoms with Crippen LogP contribution in [0.2, 0.25) is 0 Å². The van der Waals surface area contributed by atoms with E-state index in [1.807, 2.05) is 6.92 Å². The number of nitrogens with one attached hydrogen (secondary N) is 2. The Labute approximate surface area is 195 Å². The highest BCUT2D eigenvalue weighted by Gasteiger charge is 2.41. The van der Waals surface area contributed by atoms with Gasteiger partial charge in [0.15, 0.2) is 0 Å². The maximum Gasteiger partial charge on any atom is 0.282 e. The maximum atomic E-state index is 14.5. The summed E-state index contributed by atoms with van der Waals surface area (Å²) in [7, 11) is 0. The highest BCUT2D eigenvalue weighted by molar-refractivity contribution is 6.46. The first kappa shape index (κ1) is 22.7. The minimum atomic E-state index is -0.688. The summed E-state index contributed by atoms with van der Waals surface area (Å²) in [5.74, 6) is -1.59. The van der Waals surface area contributed by atoms with E-state index >= 15 is 0 Å². The van der Waals surface area contributed by atoms with E-state index in [2.05, 4.69) is 10.6 Å². The van der Waals surface area contributed by atoms with Gasteiger partial charge in [-0.2, -0.15) is 0 Å². The molecule has 0 bridgehead atoms. The van der Waals surface area contributed by atoms with Crippen molar-refractivity contribution >= 4 is 40.4 Å². The van der Waals surface area contributed by atoms with E-state index in [4.69, 9.17) is 4.74 Å². The van der Waals surface area contributed by atoms with Crippen molar-refractivity contribution < 1.29 is 23.5 Å². The van der Waals surface area contributed by atoms with Gasteiger partial charge in [-0.3, -0.25) is 14.4 Å². The number of hydrogen-bond acceptors (Lipinski definition) is 5. The van der Waals surface area contributed by atoms with Gasteiger partial charge in [0.2, 0.25) is 5.91 Å². The van der Waals surface area contributed by atoms with Crippen molar-refractivity contribution in [3.8, 4) is 5.75 Å². The summed E-state index contributed by atoms with van der Waals surface area (Å²) in [6.45, 7) is 3.78. The average molecular weight is 459 g/mol. The van der Waals surface area contributed by atoms with E-state index < -0.39 is 17.6 Å². The van der Waals surface area contributed by atoms with Gasteiger partial charge >= 0.3 is 0 Å². The fourth-order valence-electron chi connectivity index (χ4n) is 3.63. The maximum absolute atomic E-state index is 14.5. The minimum Gasteiger partial charge on any atom is -0.494 e. The number of amides is 3. The monoisotopic (exact) mass is 459 g/mol. The van der Waals surface area contributed by atoms with Gasteiger partial charge in [-0.25, -0.2) is 9.29 Å². The highest BCUT2D eigenvalue weighted by Crippen LogP contribution is 2.35. The molecule has 0 atom stereocenters. The van der Waals surface area contributed by atoms with Crippen LogP contribution >= 0.6 is 0 Å². The molecule has 0 unspecified atom stereocenters. The van der Waals surface area contributed by atoms with E-state index in [1.165, 1.54) is 25.1 Å². The Bertz CT molecular complexity index is 1280. The first-order valence-corrected chi connectivity index (χ1v) is 10.6. The molecule has 0 saturated heterocycles. The Hall–Kier alpha value is -4.46. The molecule has 3 amide bonds. The van der Waals surface area contributed by atoms with Crippen LogP contribution in [0.5, 0.6) is 5.75 Å². The fraction of sp³-hybridized carbons (Fsp3) is 0.115. The first-order chi connectivity index (χ1) is 16.4. The Morgan fingerprint density at radius 1 is 0.912 bits per heavy atom. The molecular formula is C26H22FN3O4. The molecule has 1 aliphatic rings. The van der Waals surface area contributed by atoms with Crippen LogP contribution in [0.25, 0.3) is 5.57 Å². The number of rotatable bonds is 7. The second-order valence-corrected chi connectivity index (χ2v) is 7.49. The lowest BCUT2D eigenvalue weighted by atomic mass is 10.0. The number of imide groups is 1. The van der Waals surface area contributed by atoms with E-state index in [-0.39, 0.29) is 22.9 Å². The predicted molar refractivity (Wildman–Crippen MR) is 128 cm³/mol. The number of halogens is 1. The van der Waals surface area contributed by atoms with E-state index in [0.717, 1.165) is 4.90 Å². The number of benzene rings is 3. The van der Waals surface area contributed by atoms with Gasteiger partial charge in [0.1, 0.15) is 17.3 Å². The highest BCUT2D eigenvalue weighted by atomic mass is 19.1. The molecule has 0 saturated carbocycles. The van der Waals surface area contributed by atoms with Crippen molar-refractivity contribution in [2.24, 2.45) is 0 Å². The van der Waals surface area contributed by atoms with Gasteiger partial charge in [0.25, 0.3) is 11.8 Å². The van der Waals surface area contributed by atoms with E-state index in [1.54, 1.807) is 54.6 Å². The van der Waals surface area contributed by atoms with Gasteiger partial charge in [-0.1, -0.05) is 24.3 Å². The van der Waals surface area contributed by atoms with Crippen LogP contribution in [0.15, 0.2) is 78.5 Å². The summed E-state index contributed by atoms with van der Waals surface area (Å²) in [6.07, 6.45) is 0. The van der Waals surface area contributed by atoms with Gasteiger partial charge in [-0.15, -0.1) is 0 Å². The lowest BCUT2D eigenvalue weighted by molar-refractivity contribution is -0.120. The largest absolute Gasteiger partial charge is 0.494 e. The number of para-hydroxylation sites is 1. The fourth-order valence-corrected chi connectivity index (χ4v) is 3.63. The van der Waals surface area contributed by atoms with Crippen LogP contribution in [-0.2, 0) is 14.4 Å². The summed E-state index contributed by atoms with van der Waals surface area (Å²) in [5.41, 5.74) is 1.53. The molecule has 1 aliphatic heterocycles. The second-order valence-electron chi connectivity index (χ2n) is 7.49. The van der Waals surface area contributed by atoms with Crippen LogP contribution in [0.1, 0.15) is 19.4 Å². The molecule has 7 nitrogen and oxygen atoms in total. The molecule has 3 aromatic carbocycles. The Morgan fingerprint density at radius 3 is 2.18 bits per heavy atom. The summed E-state index contributed by atoms with van der Waals surface area (Å²) in [6, 6.07) is 19.0. The topological polar surface area (TPSA) is 87.7 Å². The number of ether oxygens (including phenoxy) is 1. The molecule has 8 heteroatoms. The van der Waals surface area contributed by atoms with Crippen LogP contribution in [0.4, 0.5) is 21.5 Å². The number of nitrogens with zero attached hydrogens (tertiary/aromatic N) is 1. The molecule has 3 aromatic rings. The second kappa shape index (κ2) is 9.58. The SMILES string of the molecule is CCOc1ccc(NC2=C(c3ccc(NC(C)=O)cc3)C(=O)N(c3ccccc3F)C2=O)cc1. The summed E-state index contributed by atoms with van der Waals surface area (Å²) in [5, 5.41) is 5.68. The predicted octanol–water partition coefficient (Wildman–Crippen LogP) is 4.58. The molecule has 172 valence electrons. The van der Waals surface area contributed by atoms with Gasteiger partial charge in [-0.05, 0) is 61.0 Å². The quantitative estimate of drug-likeness (QED) is 0.505. The molecule has 1 heterocycles. The van der Waals surface area contributed by atoms with Crippen molar-refractivity contribution in [1.29, 1.82) is 0 Å². The molecule has 0 fully saturated rings. The van der Waals surface area contributed by atoms with Crippen molar-refractivity contribution in [3.05, 3.63) is 89.9 Å². The van der Waals surface area contributed by atoms with Gasteiger partial charge in [0, 0.05) is 18.3 Å². The number of carbonyl (C=O) groups is 3. The summed E-state index contributed by atoms with van der Waals surface area (Å²) >= 11 is 0. The van der Waals surface area contributed by atoms with Gasteiger partial charge in [0.05, 0.1) is 17.9 Å². The number of carbonyl (C=O) groups excluding carboxylic acids is 3. The summed E-state index contributed by atoms with van der Waals surface area (Å²) < 4.78 is 20.0. The van der Waals surface area contributed by atoms with E-state index in [0.29, 0.717) is 29.3 Å². The van der Waals surface area contributed by atoms with Crippen molar-refractivity contribution in [2.75, 3.05) is 22.1 Å². The van der Waals surface area contributed by atoms with Crippen molar-refractivity contribution in [2.45, 2.75) is 13.8 Å². The standard InChI is InChI=1S/C26H22FN3O4/c1-3-34-20-14-12-19(13-15-20)29-24-23(17-8-10-18(11-9-17)28-16(2)31)25(32)30(26(24)33)22-7-5-4-6-21(22)27/h4-15,29H,3H2,1-2H3,(H,28,31). The minimum absolute atomic E-state index is 0.0182. The third kappa shape index (κ3) is 4.52. The molecule has 34 heavy (non-hydrogen) atoms. The molecule has 4 rings (SSSR count). The molecule has 0 spiro atoms. The Morgan fingerprint density at radius 2 is 1.56 bits per heavy atom. The molecule has 2 N–H and O–H groups in total. The third-order valence-corrected chi connectivity index (χ3v) is 5.11.